The number of carbonyl (C=O) groups is 1. The maximum atomic E-state index is 12.3. The maximum absolute atomic E-state index is 12.3. The molecule has 6 nitrogen and oxygen atoms in total. The lowest BCUT2D eigenvalue weighted by Gasteiger charge is -2.10. The van der Waals surface area contributed by atoms with Gasteiger partial charge in [0.15, 0.2) is 11.0 Å². The fourth-order valence-electron chi connectivity index (χ4n) is 2.96. The van der Waals surface area contributed by atoms with E-state index < -0.39 is 0 Å². The predicted octanol–water partition coefficient (Wildman–Crippen LogP) is 5.14. The van der Waals surface area contributed by atoms with E-state index in [0.717, 1.165) is 22.4 Å². The number of aryl methyl sites for hydroxylation is 1. The third kappa shape index (κ3) is 5.43. The van der Waals surface area contributed by atoms with Crippen molar-refractivity contribution in [2.75, 3.05) is 5.75 Å². The van der Waals surface area contributed by atoms with Crippen LogP contribution in [0.5, 0.6) is 0 Å². The van der Waals surface area contributed by atoms with Crippen molar-refractivity contribution in [3.05, 3.63) is 95.0 Å². The van der Waals surface area contributed by atoms with Crippen LogP contribution in [0.15, 0.2) is 89.1 Å². The molecule has 0 aliphatic heterocycles. The Kier molecular flexibility index (Phi) is 6.99. The van der Waals surface area contributed by atoms with E-state index in [1.54, 1.807) is 6.21 Å². The number of hydrogen-bond acceptors (Lipinski definition) is 5. The normalized spacial score (nSPS) is 11.1. The summed E-state index contributed by atoms with van der Waals surface area (Å²) in [5.41, 5.74) is 6.41. The number of nitrogens with one attached hydrogen (secondary N) is 1. The largest absolute Gasteiger partial charge is 0.272 e. The molecule has 0 aliphatic carbocycles. The van der Waals surface area contributed by atoms with E-state index in [-0.39, 0.29) is 11.7 Å². The highest BCUT2D eigenvalue weighted by atomic mass is 35.5. The molecule has 1 aromatic heterocycles. The Morgan fingerprint density at radius 2 is 1.75 bits per heavy atom. The van der Waals surface area contributed by atoms with Crippen LogP contribution in [0.3, 0.4) is 0 Å². The molecule has 1 N–H and O–H groups in total. The fourth-order valence-corrected chi connectivity index (χ4v) is 3.83. The molecule has 0 atom stereocenters. The topological polar surface area (TPSA) is 72.2 Å². The van der Waals surface area contributed by atoms with Crippen molar-refractivity contribution in [2.24, 2.45) is 5.10 Å². The summed E-state index contributed by atoms with van der Waals surface area (Å²) in [5.74, 6) is 0.598. The van der Waals surface area contributed by atoms with Gasteiger partial charge in [0.1, 0.15) is 0 Å². The molecule has 0 radical (unpaired) electrons. The average Bonchev–Trinajstić information content (AvgIpc) is 3.23. The number of hydrogen-bond donors (Lipinski definition) is 1. The highest BCUT2D eigenvalue weighted by molar-refractivity contribution is 7.99. The summed E-state index contributed by atoms with van der Waals surface area (Å²) >= 11 is 7.34. The van der Waals surface area contributed by atoms with Gasteiger partial charge < -0.3 is 0 Å². The van der Waals surface area contributed by atoms with Gasteiger partial charge in [-0.2, -0.15) is 5.10 Å². The third-order valence-corrected chi connectivity index (χ3v) is 5.74. The zero-order chi connectivity index (χ0) is 22.3. The van der Waals surface area contributed by atoms with Crippen LogP contribution in [0.4, 0.5) is 0 Å². The highest BCUT2D eigenvalue weighted by Gasteiger charge is 2.17. The first-order valence-corrected chi connectivity index (χ1v) is 11.2. The number of rotatable bonds is 7. The Morgan fingerprint density at radius 1 is 1.03 bits per heavy atom. The van der Waals surface area contributed by atoms with E-state index in [4.69, 9.17) is 11.6 Å². The van der Waals surface area contributed by atoms with Gasteiger partial charge in [-0.3, -0.25) is 9.36 Å². The average molecular weight is 462 g/mol. The molecule has 1 heterocycles. The van der Waals surface area contributed by atoms with Crippen molar-refractivity contribution in [3.63, 3.8) is 0 Å². The molecule has 32 heavy (non-hydrogen) atoms. The molecule has 0 spiro atoms. The van der Waals surface area contributed by atoms with Gasteiger partial charge in [-0.05, 0) is 48.9 Å². The number of halogens is 1. The van der Waals surface area contributed by atoms with Gasteiger partial charge in [0.25, 0.3) is 5.91 Å². The van der Waals surface area contributed by atoms with Gasteiger partial charge >= 0.3 is 0 Å². The quantitative estimate of drug-likeness (QED) is 0.235. The standard InChI is InChI=1S/C24H20ClN5OS/c1-17-7-13-21(14-8-17)30-23(19-9-11-20(25)12-10-19)28-29-24(30)32-16-22(31)27-26-15-18-5-3-2-4-6-18/h2-15H,16H2,1H3,(H,27,31). The lowest BCUT2D eigenvalue weighted by Crippen LogP contribution is -2.20. The van der Waals surface area contributed by atoms with E-state index in [1.807, 2.05) is 90.4 Å². The van der Waals surface area contributed by atoms with Crippen LogP contribution in [0.1, 0.15) is 11.1 Å². The molecule has 0 saturated carbocycles. The Balaban J connectivity index is 1.53. The molecule has 0 fully saturated rings. The fraction of sp³-hybridized carbons (Fsp3) is 0.0833. The molecular formula is C24H20ClN5OS. The van der Waals surface area contributed by atoms with Gasteiger partial charge in [-0.15, -0.1) is 10.2 Å². The number of benzene rings is 3. The molecular weight excluding hydrogens is 442 g/mol. The molecule has 1 amide bonds. The van der Waals surface area contributed by atoms with Crippen molar-refractivity contribution in [1.82, 2.24) is 20.2 Å². The van der Waals surface area contributed by atoms with Crippen LogP contribution in [-0.2, 0) is 4.79 Å². The Morgan fingerprint density at radius 3 is 2.47 bits per heavy atom. The van der Waals surface area contributed by atoms with Crippen molar-refractivity contribution in [1.29, 1.82) is 0 Å². The smallest absolute Gasteiger partial charge is 0.250 e. The molecule has 160 valence electrons. The second-order valence-electron chi connectivity index (χ2n) is 6.98. The molecule has 4 rings (SSSR count). The maximum Gasteiger partial charge on any atom is 0.250 e. The van der Waals surface area contributed by atoms with Crippen LogP contribution in [-0.4, -0.2) is 32.6 Å². The SMILES string of the molecule is Cc1ccc(-n2c(SCC(=O)NN=Cc3ccccc3)nnc2-c2ccc(Cl)cc2)cc1. The second-order valence-corrected chi connectivity index (χ2v) is 8.36. The first kappa shape index (κ1) is 21.8. The van der Waals surface area contributed by atoms with Gasteiger partial charge in [-0.25, -0.2) is 5.43 Å². The van der Waals surface area contributed by atoms with E-state index in [9.17, 15) is 4.79 Å². The zero-order valence-electron chi connectivity index (χ0n) is 17.3. The first-order valence-electron chi connectivity index (χ1n) is 9.88. The number of amides is 1. The number of nitrogens with zero attached hydrogens (tertiary/aromatic N) is 4. The Bertz CT molecular complexity index is 1220. The van der Waals surface area contributed by atoms with E-state index in [2.05, 4.69) is 20.7 Å². The van der Waals surface area contributed by atoms with Crippen LogP contribution >= 0.6 is 23.4 Å². The lowest BCUT2D eigenvalue weighted by molar-refractivity contribution is -0.118. The summed E-state index contributed by atoms with van der Waals surface area (Å²) in [6, 6.07) is 25.1. The summed E-state index contributed by atoms with van der Waals surface area (Å²) in [7, 11) is 0. The summed E-state index contributed by atoms with van der Waals surface area (Å²) in [4.78, 5) is 12.3. The number of carbonyl (C=O) groups excluding carboxylic acids is 1. The minimum atomic E-state index is -0.228. The molecule has 0 aliphatic rings. The van der Waals surface area contributed by atoms with Crippen LogP contribution < -0.4 is 5.43 Å². The van der Waals surface area contributed by atoms with E-state index in [0.29, 0.717) is 16.0 Å². The van der Waals surface area contributed by atoms with Crippen molar-refractivity contribution in [3.8, 4) is 17.1 Å². The Labute approximate surface area is 195 Å². The number of thioether (sulfide) groups is 1. The molecule has 8 heteroatoms. The van der Waals surface area contributed by atoms with Crippen LogP contribution in [0.25, 0.3) is 17.1 Å². The highest BCUT2D eigenvalue weighted by Crippen LogP contribution is 2.28. The van der Waals surface area contributed by atoms with E-state index in [1.165, 1.54) is 11.8 Å². The summed E-state index contributed by atoms with van der Waals surface area (Å²) in [6.45, 7) is 2.03. The van der Waals surface area contributed by atoms with Gasteiger partial charge in [0.2, 0.25) is 0 Å². The lowest BCUT2D eigenvalue weighted by atomic mass is 10.2. The van der Waals surface area contributed by atoms with Crippen molar-refractivity contribution < 1.29 is 4.79 Å². The minimum Gasteiger partial charge on any atom is -0.272 e. The zero-order valence-corrected chi connectivity index (χ0v) is 18.8. The van der Waals surface area contributed by atoms with Crippen molar-refractivity contribution >= 4 is 35.5 Å². The predicted molar refractivity (Wildman–Crippen MR) is 129 cm³/mol. The summed E-state index contributed by atoms with van der Waals surface area (Å²) in [6.07, 6.45) is 1.61. The van der Waals surface area contributed by atoms with Crippen LogP contribution in [0, 0.1) is 6.92 Å². The Hall–Kier alpha value is -3.42. The van der Waals surface area contributed by atoms with E-state index >= 15 is 0 Å². The number of hydrazone groups is 1. The molecule has 0 bridgehead atoms. The van der Waals surface area contributed by atoms with Crippen LogP contribution in [0.2, 0.25) is 5.02 Å². The number of aromatic nitrogens is 3. The molecule has 4 aromatic rings. The van der Waals surface area contributed by atoms with Gasteiger partial charge in [-0.1, -0.05) is 71.4 Å². The molecule has 3 aromatic carbocycles. The van der Waals surface area contributed by atoms with Crippen molar-refractivity contribution in [2.45, 2.75) is 12.1 Å². The summed E-state index contributed by atoms with van der Waals surface area (Å²) in [5, 5.41) is 14.0. The molecule has 0 unspecified atom stereocenters. The summed E-state index contributed by atoms with van der Waals surface area (Å²) < 4.78 is 1.94. The monoisotopic (exact) mass is 461 g/mol. The first-order chi connectivity index (χ1) is 15.6. The minimum absolute atomic E-state index is 0.150. The molecule has 0 saturated heterocycles. The third-order valence-electron chi connectivity index (χ3n) is 4.56. The second kappa shape index (κ2) is 10.3. The van der Waals surface area contributed by atoms with Gasteiger partial charge in [0.05, 0.1) is 12.0 Å². The van der Waals surface area contributed by atoms with Gasteiger partial charge in [0, 0.05) is 16.3 Å².